The van der Waals surface area contributed by atoms with Gasteiger partial charge in [-0.25, -0.2) is 0 Å². The molecule has 0 fully saturated rings. The Balaban J connectivity index is 3.64. The van der Waals surface area contributed by atoms with Crippen LogP contribution >= 0.6 is 0 Å². The van der Waals surface area contributed by atoms with Crippen LogP contribution in [0.3, 0.4) is 0 Å². The van der Waals surface area contributed by atoms with E-state index in [0.29, 0.717) is 0 Å². The summed E-state index contributed by atoms with van der Waals surface area (Å²) in [7, 11) is 0. The Labute approximate surface area is 47.8 Å². The third kappa shape index (κ3) is 2.23. The van der Waals surface area contributed by atoms with E-state index >= 15 is 0 Å². The molecule has 0 saturated carbocycles. The zero-order valence-corrected chi connectivity index (χ0v) is 4.66. The van der Waals surface area contributed by atoms with Crippen molar-refractivity contribution in [2.24, 2.45) is 11.7 Å². The molecule has 3 nitrogen and oxygen atoms in total. The molecule has 1 atom stereocenters. The van der Waals surface area contributed by atoms with Crippen molar-refractivity contribution in [3.63, 3.8) is 0 Å². The minimum absolute atomic E-state index is 0.472. The monoisotopic (exact) mass is 115 g/mol. The van der Waals surface area contributed by atoms with Gasteiger partial charge < -0.3 is 10.8 Å². The summed E-state index contributed by atoms with van der Waals surface area (Å²) in [6.07, 6.45) is 2.65. The first kappa shape index (κ1) is 7.01. The Morgan fingerprint density at radius 3 is 2.50 bits per heavy atom. The summed E-state index contributed by atoms with van der Waals surface area (Å²) in [6.45, 7) is 1.56. The van der Waals surface area contributed by atoms with Gasteiger partial charge in [-0.1, -0.05) is 6.08 Å². The fourth-order valence-electron chi connectivity index (χ4n) is 0.249. The summed E-state index contributed by atoms with van der Waals surface area (Å²) in [5.41, 5.74) is 4.92. The van der Waals surface area contributed by atoms with E-state index in [1.165, 1.54) is 12.3 Å². The maximum absolute atomic E-state index is 9.98. The molecule has 3 heteroatoms. The quantitative estimate of drug-likeness (QED) is 0.539. The molecule has 0 aliphatic carbocycles. The summed E-state index contributed by atoms with van der Waals surface area (Å²) < 4.78 is 0. The summed E-state index contributed by atoms with van der Waals surface area (Å²) in [4.78, 5) is 9.98. The third-order valence-corrected chi connectivity index (χ3v) is 0.789. The summed E-state index contributed by atoms with van der Waals surface area (Å²) in [5, 5.41) is 8.21. The van der Waals surface area contributed by atoms with Crippen LogP contribution in [0.2, 0.25) is 0 Å². The third-order valence-electron chi connectivity index (χ3n) is 0.789. The number of hydrogen-bond donors (Lipinski definition) is 2. The molecule has 8 heavy (non-hydrogen) atoms. The van der Waals surface area contributed by atoms with Crippen molar-refractivity contribution in [3.8, 4) is 0 Å². The predicted molar refractivity (Wildman–Crippen MR) is 30.1 cm³/mol. The van der Waals surface area contributed by atoms with E-state index in [1.807, 2.05) is 0 Å². The van der Waals surface area contributed by atoms with Crippen LogP contribution in [0.4, 0.5) is 0 Å². The number of rotatable bonds is 2. The molecule has 0 aromatic rings. The van der Waals surface area contributed by atoms with E-state index in [-0.39, 0.29) is 0 Å². The van der Waals surface area contributed by atoms with E-state index in [2.05, 4.69) is 0 Å². The van der Waals surface area contributed by atoms with E-state index in [0.717, 1.165) is 0 Å². The van der Waals surface area contributed by atoms with Gasteiger partial charge >= 0.3 is 5.97 Å². The molecule has 0 aliphatic rings. The first-order valence-corrected chi connectivity index (χ1v) is 2.29. The number of carboxylic acids is 1. The lowest BCUT2D eigenvalue weighted by Crippen LogP contribution is -2.06. The highest BCUT2D eigenvalue weighted by Crippen LogP contribution is 1.93. The summed E-state index contributed by atoms with van der Waals surface area (Å²) in [6, 6.07) is 0. The molecule has 0 rings (SSSR count). The number of carboxylic acid groups (broad SMARTS) is 1. The molecule has 0 bridgehead atoms. The van der Waals surface area contributed by atoms with Crippen LogP contribution in [0.15, 0.2) is 12.3 Å². The molecule has 0 aliphatic heterocycles. The van der Waals surface area contributed by atoms with Gasteiger partial charge in [-0.15, -0.1) is 0 Å². The normalized spacial score (nSPS) is 14.1. The average Bonchev–Trinajstić information content (AvgIpc) is 1.67. The van der Waals surface area contributed by atoms with Gasteiger partial charge in [0.15, 0.2) is 0 Å². The zero-order chi connectivity index (χ0) is 6.57. The Hall–Kier alpha value is -0.990. The van der Waals surface area contributed by atoms with Crippen LogP contribution in [0, 0.1) is 5.92 Å². The Bertz CT molecular complexity index is 109. The highest BCUT2D eigenvalue weighted by molar-refractivity contribution is 5.71. The average molecular weight is 115 g/mol. The van der Waals surface area contributed by atoms with Crippen molar-refractivity contribution in [2.75, 3.05) is 0 Å². The molecule has 0 amide bonds. The Kier molecular flexibility index (Phi) is 2.69. The lowest BCUT2D eigenvalue weighted by molar-refractivity contribution is -0.139. The van der Waals surface area contributed by atoms with Gasteiger partial charge in [-0.05, 0) is 13.1 Å². The van der Waals surface area contributed by atoms with Gasteiger partial charge in [-0.2, -0.15) is 0 Å². The van der Waals surface area contributed by atoms with Crippen molar-refractivity contribution in [1.29, 1.82) is 0 Å². The second-order valence-electron chi connectivity index (χ2n) is 1.51. The molecule has 0 spiro atoms. The number of aliphatic carboxylic acids is 1. The van der Waals surface area contributed by atoms with Crippen molar-refractivity contribution >= 4 is 5.97 Å². The number of nitrogens with two attached hydrogens (primary N) is 1. The lowest BCUT2D eigenvalue weighted by Gasteiger charge is -1.93. The molecule has 0 saturated heterocycles. The van der Waals surface area contributed by atoms with Gasteiger partial charge in [0, 0.05) is 0 Å². The second kappa shape index (κ2) is 3.07. The van der Waals surface area contributed by atoms with Crippen molar-refractivity contribution in [2.45, 2.75) is 6.92 Å². The van der Waals surface area contributed by atoms with Crippen LogP contribution < -0.4 is 5.73 Å². The molecule has 0 radical (unpaired) electrons. The maximum Gasteiger partial charge on any atom is 0.310 e. The number of hydrogen-bond acceptors (Lipinski definition) is 2. The summed E-state index contributed by atoms with van der Waals surface area (Å²) >= 11 is 0. The minimum atomic E-state index is -0.855. The van der Waals surface area contributed by atoms with Gasteiger partial charge in [0.2, 0.25) is 0 Å². The molecule has 3 N–H and O–H groups in total. The van der Waals surface area contributed by atoms with Crippen molar-refractivity contribution < 1.29 is 9.90 Å². The van der Waals surface area contributed by atoms with Crippen molar-refractivity contribution in [1.82, 2.24) is 0 Å². The first-order chi connectivity index (χ1) is 3.68. The van der Waals surface area contributed by atoms with Crippen LogP contribution in [-0.2, 0) is 4.79 Å². The van der Waals surface area contributed by atoms with Gasteiger partial charge in [0.05, 0.1) is 5.92 Å². The van der Waals surface area contributed by atoms with Crippen LogP contribution in [-0.4, -0.2) is 11.1 Å². The van der Waals surface area contributed by atoms with Crippen LogP contribution in [0.25, 0.3) is 0 Å². The lowest BCUT2D eigenvalue weighted by atomic mass is 10.2. The van der Waals surface area contributed by atoms with E-state index < -0.39 is 11.9 Å². The van der Waals surface area contributed by atoms with Gasteiger partial charge in [0.25, 0.3) is 0 Å². The van der Waals surface area contributed by atoms with Gasteiger partial charge in [0.1, 0.15) is 0 Å². The second-order valence-corrected chi connectivity index (χ2v) is 1.51. The van der Waals surface area contributed by atoms with Crippen LogP contribution in [0.1, 0.15) is 6.92 Å². The standard InChI is InChI=1S/C5H9NO2/c1-4(2-3-6)5(7)8/h2-4H,6H2,1H3,(H,7,8)/b3-2+. The predicted octanol–water partition coefficient (Wildman–Crippen LogP) is 0.180. The highest BCUT2D eigenvalue weighted by Gasteiger charge is 2.03. The maximum atomic E-state index is 9.98. The fourth-order valence-corrected chi connectivity index (χ4v) is 0.249. The van der Waals surface area contributed by atoms with E-state index in [1.54, 1.807) is 6.92 Å². The van der Waals surface area contributed by atoms with Crippen LogP contribution in [0.5, 0.6) is 0 Å². The number of carbonyl (C=O) groups is 1. The van der Waals surface area contributed by atoms with E-state index in [9.17, 15) is 4.79 Å². The van der Waals surface area contributed by atoms with Crippen molar-refractivity contribution in [3.05, 3.63) is 12.3 Å². The minimum Gasteiger partial charge on any atom is -0.481 e. The topological polar surface area (TPSA) is 63.3 Å². The fraction of sp³-hybridized carbons (Fsp3) is 0.400. The molecule has 46 valence electrons. The summed E-state index contributed by atoms with van der Waals surface area (Å²) in [5.74, 6) is -1.33. The molecule has 0 aromatic carbocycles. The van der Waals surface area contributed by atoms with E-state index in [4.69, 9.17) is 10.8 Å². The smallest absolute Gasteiger partial charge is 0.310 e. The first-order valence-electron chi connectivity index (χ1n) is 2.29. The largest absolute Gasteiger partial charge is 0.481 e. The Morgan fingerprint density at radius 1 is 1.88 bits per heavy atom. The molecule has 1 unspecified atom stereocenters. The zero-order valence-electron chi connectivity index (χ0n) is 4.66. The molecule has 0 aromatic heterocycles. The molecular weight excluding hydrogens is 106 g/mol. The Morgan fingerprint density at radius 2 is 2.38 bits per heavy atom. The SMILES string of the molecule is CC(/C=C/N)C(=O)O. The molecule has 0 heterocycles. The van der Waals surface area contributed by atoms with Gasteiger partial charge in [-0.3, -0.25) is 4.79 Å². The highest BCUT2D eigenvalue weighted by atomic mass is 16.4. The molecular formula is C5H9NO2.